The molecular weight excluding hydrogens is 299 g/mol. The first-order valence-corrected chi connectivity index (χ1v) is 7.85. The molecule has 1 rings (SSSR count). The molecule has 0 saturated carbocycles. The maximum Gasteiger partial charge on any atom is 0.255 e. The number of ether oxygens (including phenoxy) is 1. The molecule has 8 heteroatoms. The zero-order valence-electron chi connectivity index (χ0n) is 12.2. The Labute approximate surface area is 123 Å². The van der Waals surface area contributed by atoms with E-state index < -0.39 is 26.6 Å². The minimum Gasteiger partial charge on any atom is -0.383 e. The van der Waals surface area contributed by atoms with Gasteiger partial charge in [-0.25, -0.2) is 17.9 Å². The average Bonchev–Trinajstić information content (AvgIpc) is 2.37. The SMILES string of the molecule is COCCN(C(=O)c1cc(F)ccc1S(N)(=O)=O)C(C)C. The molecule has 0 fully saturated rings. The molecule has 0 spiro atoms. The van der Waals surface area contributed by atoms with E-state index in [2.05, 4.69) is 0 Å². The van der Waals surface area contributed by atoms with E-state index in [9.17, 15) is 17.6 Å². The Morgan fingerprint density at radius 3 is 2.52 bits per heavy atom. The minimum absolute atomic E-state index is 0.204. The van der Waals surface area contributed by atoms with Crippen LogP contribution in [-0.4, -0.2) is 45.5 Å². The van der Waals surface area contributed by atoms with Gasteiger partial charge in [-0.05, 0) is 32.0 Å². The number of sulfonamides is 1. The van der Waals surface area contributed by atoms with Crippen molar-refractivity contribution < 1.29 is 22.3 Å². The predicted octanol–water partition coefficient (Wildman–Crippen LogP) is 0.970. The smallest absolute Gasteiger partial charge is 0.255 e. The Morgan fingerprint density at radius 2 is 2.05 bits per heavy atom. The molecule has 2 N–H and O–H groups in total. The van der Waals surface area contributed by atoms with Gasteiger partial charge in [-0.3, -0.25) is 4.79 Å². The number of primary sulfonamides is 1. The van der Waals surface area contributed by atoms with Crippen molar-refractivity contribution in [2.45, 2.75) is 24.8 Å². The number of benzene rings is 1. The molecule has 0 aliphatic heterocycles. The fraction of sp³-hybridized carbons (Fsp3) is 0.462. The molecule has 0 radical (unpaired) electrons. The van der Waals surface area contributed by atoms with Gasteiger partial charge in [0, 0.05) is 19.7 Å². The molecular formula is C13H19FN2O4S. The molecule has 0 atom stereocenters. The third kappa shape index (κ3) is 4.48. The van der Waals surface area contributed by atoms with Gasteiger partial charge in [-0.1, -0.05) is 0 Å². The van der Waals surface area contributed by atoms with Gasteiger partial charge in [0.05, 0.1) is 17.1 Å². The van der Waals surface area contributed by atoms with E-state index in [0.717, 1.165) is 18.2 Å². The summed E-state index contributed by atoms with van der Waals surface area (Å²) in [5.74, 6) is -1.31. The average molecular weight is 318 g/mol. The van der Waals surface area contributed by atoms with Gasteiger partial charge in [0.15, 0.2) is 0 Å². The predicted molar refractivity (Wildman–Crippen MR) is 75.8 cm³/mol. The summed E-state index contributed by atoms with van der Waals surface area (Å²) in [5, 5.41) is 5.08. The zero-order valence-corrected chi connectivity index (χ0v) is 13.0. The third-order valence-electron chi connectivity index (χ3n) is 2.90. The largest absolute Gasteiger partial charge is 0.383 e. The van der Waals surface area contributed by atoms with Crippen molar-refractivity contribution in [3.05, 3.63) is 29.6 Å². The Kier molecular flexibility index (Phi) is 5.82. The number of hydrogen-bond donors (Lipinski definition) is 1. The monoisotopic (exact) mass is 318 g/mol. The first-order valence-electron chi connectivity index (χ1n) is 6.30. The number of rotatable bonds is 6. The quantitative estimate of drug-likeness (QED) is 0.846. The summed E-state index contributed by atoms with van der Waals surface area (Å²) in [7, 11) is -2.63. The number of hydrogen-bond acceptors (Lipinski definition) is 4. The van der Waals surface area contributed by atoms with Crippen LogP contribution in [0.3, 0.4) is 0 Å². The molecule has 0 aliphatic rings. The van der Waals surface area contributed by atoms with Crippen LogP contribution in [-0.2, 0) is 14.8 Å². The van der Waals surface area contributed by atoms with E-state index in [0.29, 0.717) is 0 Å². The standard InChI is InChI=1S/C13H19FN2O4S/c1-9(2)16(6-7-20-3)13(17)11-8-10(14)4-5-12(11)21(15,18)19/h4-5,8-9H,6-7H2,1-3H3,(H2,15,18,19). The number of methoxy groups -OCH3 is 1. The van der Waals surface area contributed by atoms with E-state index in [1.807, 2.05) is 0 Å². The summed E-state index contributed by atoms with van der Waals surface area (Å²) < 4.78 is 41.4. The van der Waals surface area contributed by atoms with Gasteiger partial charge in [-0.2, -0.15) is 0 Å². The summed E-state index contributed by atoms with van der Waals surface area (Å²) in [5.41, 5.74) is -0.276. The molecule has 118 valence electrons. The normalized spacial score (nSPS) is 11.7. The van der Waals surface area contributed by atoms with Crippen LogP contribution in [0.25, 0.3) is 0 Å². The molecule has 0 unspecified atom stereocenters. The van der Waals surface area contributed by atoms with Gasteiger partial charge >= 0.3 is 0 Å². The molecule has 21 heavy (non-hydrogen) atoms. The molecule has 0 aliphatic carbocycles. The van der Waals surface area contributed by atoms with Crippen LogP contribution in [0, 0.1) is 5.82 Å². The van der Waals surface area contributed by atoms with Gasteiger partial charge in [-0.15, -0.1) is 0 Å². The number of amides is 1. The Hall–Kier alpha value is -1.51. The lowest BCUT2D eigenvalue weighted by Crippen LogP contribution is -2.40. The number of halogens is 1. The summed E-state index contributed by atoms with van der Waals surface area (Å²) >= 11 is 0. The zero-order chi connectivity index (χ0) is 16.2. The van der Waals surface area contributed by atoms with Crippen molar-refractivity contribution in [3.63, 3.8) is 0 Å². The molecule has 1 aromatic rings. The fourth-order valence-corrected chi connectivity index (χ4v) is 2.57. The Bertz CT molecular complexity index is 617. The van der Waals surface area contributed by atoms with Crippen LogP contribution in [0.5, 0.6) is 0 Å². The van der Waals surface area contributed by atoms with Crippen molar-refractivity contribution in [2.24, 2.45) is 5.14 Å². The molecule has 0 heterocycles. The Balaban J connectivity index is 3.30. The highest BCUT2D eigenvalue weighted by Gasteiger charge is 2.25. The summed E-state index contributed by atoms with van der Waals surface area (Å²) in [6.07, 6.45) is 0. The first-order chi connectivity index (χ1) is 9.68. The van der Waals surface area contributed by atoms with Crippen LogP contribution in [0.2, 0.25) is 0 Å². The lowest BCUT2D eigenvalue weighted by molar-refractivity contribution is 0.0630. The van der Waals surface area contributed by atoms with Gasteiger partial charge in [0.25, 0.3) is 5.91 Å². The number of nitrogens with two attached hydrogens (primary N) is 1. The highest BCUT2D eigenvalue weighted by atomic mass is 32.2. The van der Waals surface area contributed by atoms with E-state index >= 15 is 0 Å². The summed E-state index contributed by atoms with van der Waals surface area (Å²) in [6, 6.07) is 2.62. The van der Waals surface area contributed by atoms with Crippen LogP contribution in [0.4, 0.5) is 4.39 Å². The van der Waals surface area contributed by atoms with Crippen LogP contribution < -0.4 is 5.14 Å². The van der Waals surface area contributed by atoms with Crippen molar-refractivity contribution in [3.8, 4) is 0 Å². The van der Waals surface area contributed by atoms with E-state index in [4.69, 9.17) is 9.88 Å². The second kappa shape index (κ2) is 6.97. The maximum atomic E-state index is 13.4. The van der Waals surface area contributed by atoms with E-state index in [1.54, 1.807) is 13.8 Å². The van der Waals surface area contributed by atoms with Crippen molar-refractivity contribution in [1.82, 2.24) is 4.90 Å². The Morgan fingerprint density at radius 1 is 1.43 bits per heavy atom. The van der Waals surface area contributed by atoms with Crippen LogP contribution >= 0.6 is 0 Å². The van der Waals surface area contributed by atoms with Gasteiger partial charge in [0.2, 0.25) is 10.0 Å². The lowest BCUT2D eigenvalue weighted by atomic mass is 10.1. The molecule has 6 nitrogen and oxygen atoms in total. The second-order valence-electron chi connectivity index (χ2n) is 4.77. The third-order valence-corrected chi connectivity index (χ3v) is 3.87. The van der Waals surface area contributed by atoms with Crippen molar-refractivity contribution in [2.75, 3.05) is 20.3 Å². The van der Waals surface area contributed by atoms with Crippen molar-refractivity contribution in [1.29, 1.82) is 0 Å². The fourth-order valence-electron chi connectivity index (χ4n) is 1.86. The maximum absolute atomic E-state index is 13.4. The van der Waals surface area contributed by atoms with E-state index in [1.165, 1.54) is 12.0 Å². The topological polar surface area (TPSA) is 89.7 Å². The number of carbonyl (C=O) groups is 1. The summed E-state index contributed by atoms with van der Waals surface area (Å²) in [6.45, 7) is 4.07. The van der Waals surface area contributed by atoms with Gasteiger partial charge in [0.1, 0.15) is 5.82 Å². The molecule has 0 saturated heterocycles. The second-order valence-corrected chi connectivity index (χ2v) is 6.30. The van der Waals surface area contributed by atoms with Crippen molar-refractivity contribution >= 4 is 15.9 Å². The molecule has 1 aromatic carbocycles. The summed E-state index contributed by atoms with van der Waals surface area (Å²) in [4.78, 5) is 13.5. The first kappa shape index (κ1) is 17.5. The highest BCUT2D eigenvalue weighted by molar-refractivity contribution is 7.89. The highest BCUT2D eigenvalue weighted by Crippen LogP contribution is 2.19. The lowest BCUT2D eigenvalue weighted by Gasteiger charge is -2.27. The minimum atomic E-state index is -4.12. The number of nitrogens with zero attached hydrogens (tertiary/aromatic N) is 1. The van der Waals surface area contributed by atoms with E-state index in [-0.39, 0.29) is 24.8 Å². The van der Waals surface area contributed by atoms with Crippen LogP contribution in [0.15, 0.2) is 23.1 Å². The van der Waals surface area contributed by atoms with Gasteiger partial charge < -0.3 is 9.64 Å². The molecule has 1 amide bonds. The molecule has 0 aromatic heterocycles. The molecule has 0 bridgehead atoms. The number of carbonyl (C=O) groups excluding carboxylic acids is 1. The van der Waals surface area contributed by atoms with Crippen LogP contribution in [0.1, 0.15) is 24.2 Å².